The molecular formula is C16H18N2O3. The van der Waals surface area contributed by atoms with Crippen molar-refractivity contribution < 1.29 is 14.3 Å². The van der Waals surface area contributed by atoms with Crippen LogP contribution in [0.1, 0.15) is 11.1 Å². The number of hydrogen-bond donors (Lipinski definition) is 0. The molecule has 1 aromatic carbocycles. The molecule has 1 aromatic rings. The molecule has 0 N–H and O–H groups in total. The second kappa shape index (κ2) is 4.76. The summed E-state index contributed by atoms with van der Waals surface area (Å²) in [6.45, 7) is 2.23. The number of cyclic esters (lactones) is 1. The predicted molar refractivity (Wildman–Crippen MR) is 75.8 cm³/mol. The molecule has 110 valence electrons. The third-order valence-corrected chi connectivity index (χ3v) is 4.83. The van der Waals surface area contributed by atoms with Crippen LogP contribution in [0.2, 0.25) is 0 Å². The first-order valence-corrected chi connectivity index (χ1v) is 7.51. The van der Waals surface area contributed by atoms with Crippen molar-refractivity contribution >= 4 is 12.0 Å². The van der Waals surface area contributed by atoms with Gasteiger partial charge in [-0.05, 0) is 24.0 Å². The molecule has 2 heterocycles. The average molecular weight is 286 g/mol. The van der Waals surface area contributed by atoms with Crippen molar-refractivity contribution in [2.45, 2.75) is 18.9 Å². The number of rotatable bonds is 1. The van der Waals surface area contributed by atoms with E-state index < -0.39 is 0 Å². The van der Waals surface area contributed by atoms with Gasteiger partial charge in [-0.3, -0.25) is 9.69 Å². The van der Waals surface area contributed by atoms with Gasteiger partial charge in [-0.25, -0.2) is 4.79 Å². The van der Waals surface area contributed by atoms with Crippen LogP contribution in [0, 0.1) is 5.92 Å². The molecule has 3 aliphatic rings. The van der Waals surface area contributed by atoms with E-state index >= 15 is 0 Å². The van der Waals surface area contributed by atoms with E-state index in [2.05, 4.69) is 12.1 Å². The third kappa shape index (κ3) is 2.07. The zero-order chi connectivity index (χ0) is 14.4. The van der Waals surface area contributed by atoms with Gasteiger partial charge in [-0.1, -0.05) is 24.3 Å². The maximum absolute atomic E-state index is 12.7. The van der Waals surface area contributed by atoms with Crippen molar-refractivity contribution in [3.63, 3.8) is 0 Å². The molecule has 0 aromatic heterocycles. The Hall–Kier alpha value is -2.04. The molecule has 0 spiro atoms. The topological polar surface area (TPSA) is 49.9 Å². The van der Waals surface area contributed by atoms with Crippen molar-refractivity contribution in [1.82, 2.24) is 9.80 Å². The lowest BCUT2D eigenvalue weighted by atomic mass is 10.0. The molecular weight excluding hydrogens is 268 g/mol. The summed E-state index contributed by atoms with van der Waals surface area (Å²) in [7, 11) is 0. The second-order valence-electron chi connectivity index (χ2n) is 6.08. The fraction of sp³-hybridized carbons (Fsp3) is 0.500. The molecule has 2 aliphatic heterocycles. The number of fused-ring (bicyclic) bond motifs is 2. The van der Waals surface area contributed by atoms with Crippen molar-refractivity contribution in [2.24, 2.45) is 5.92 Å². The van der Waals surface area contributed by atoms with E-state index in [1.807, 2.05) is 17.0 Å². The van der Waals surface area contributed by atoms with Gasteiger partial charge in [-0.2, -0.15) is 0 Å². The van der Waals surface area contributed by atoms with Gasteiger partial charge in [0.25, 0.3) is 0 Å². The molecule has 0 bridgehead atoms. The number of nitrogens with zero attached hydrogens (tertiary/aromatic N) is 2. The second-order valence-corrected chi connectivity index (χ2v) is 6.08. The van der Waals surface area contributed by atoms with Crippen LogP contribution >= 0.6 is 0 Å². The molecule has 5 nitrogen and oxygen atoms in total. The average Bonchev–Trinajstić information content (AvgIpc) is 3.10. The fourth-order valence-corrected chi connectivity index (χ4v) is 3.68. The minimum Gasteiger partial charge on any atom is -0.447 e. The van der Waals surface area contributed by atoms with Crippen LogP contribution in [0.15, 0.2) is 24.3 Å². The van der Waals surface area contributed by atoms with E-state index in [4.69, 9.17) is 4.74 Å². The molecule has 0 unspecified atom stereocenters. The maximum atomic E-state index is 12.7. The number of ether oxygens (including phenoxy) is 1. The summed E-state index contributed by atoms with van der Waals surface area (Å²) in [5, 5.41) is 0. The lowest BCUT2D eigenvalue weighted by Gasteiger charge is -2.36. The van der Waals surface area contributed by atoms with Crippen molar-refractivity contribution in [3.8, 4) is 0 Å². The number of piperazine rings is 1. The summed E-state index contributed by atoms with van der Waals surface area (Å²) < 4.78 is 5.05. The molecule has 4 rings (SSSR count). The number of amides is 2. The van der Waals surface area contributed by atoms with Crippen LogP contribution in [0.5, 0.6) is 0 Å². The molecule has 1 atom stereocenters. The van der Waals surface area contributed by atoms with Crippen molar-refractivity contribution in [3.05, 3.63) is 35.4 Å². The number of hydrogen-bond acceptors (Lipinski definition) is 3. The van der Waals surface area contributed by atoms with Crippen molar-refractivity contribution in [1.29, 1.82) is 0 Å². The Bertz CT molecular complexity index is 576. The van der Waals surface area contributed by atoms with Crippen LogP contribution in [-0.2, 0) is 22.4 Å². The normalized spacial score (nSPS) is 24.8. The minimum atomic E-state index is -0.236. The molecule has 1 aliphatic carbocycles. The highest BCUT2D eigenvalue weighted by Gasteiger charge is 2.40. The molecule has 21 heavy (non-hydrogen) atoms. The van der Waals surface area contributed by atoms with E-state index in [-0.39, 0.29) is 24.0 Å². The van der Waals surface area contributed by atoms with E-state index in [1.165, 1.54) is 11.1 Å². The zero-order valence-electron chi connectivity index (χ0n) is 11.8. The standard InChI is InChI=1S/C16H18N2O3/c19-15(13-7-11-3-1-2-4-12(11)8-13)17-5-6-18-14(9-17)10-21-16(18)20/h1-4,13-14H,5-10H2/t14-/m1/s1. The Morgan fingerprint density at radius 2 is 1.86 bits per heavy atom. The molecule has 0 saturated carbocycles. The van der Waals surface area contributed by atoms with Gasteiger partial charge in [0.05, 0.1) is 6.04 Å². The lowest BCUT2D eigenvalue weighted by Crippen LogP contribution is -2.55. The van der Waals surface area contributed by atoms with Gasteiger partial charge in [0.15, 0.2) is 0 Å². The largest absolute Gasteiger partial charge is 0.447 e. The lowest BCUT2D eigenvalue weighted by molar-refractivity contribution is -0.137. The van der Waals surface area contributed by atoms with Crippen LogP contribution in [-0.4, -0.2) is 54.1 Å². The predicted octanol–water partition coefficient (Wildman–Crippen LogP) is 1.06. The summed E-state index contributed by atoms with van der Waals surface area (Å²) in [6.07, 6.45) is 1.45. The highest BCUT2D eigenvalue weighted by atomic mass is 16.6. The van der Waals surface area contributed by atoms with E-state index in [1.54, 1.807) is 4.90 Å². The number of carbonyl (C=O) groups excluding carboxylic acids is 2. The number of carbonyl (C=O) groups is 2. The summed E-state index contributed by atoms with van der Waals surface area (Å²) in [5.41, 5.74) is 2.60. The van der Waals surface area contributed by atoms with Gasteiger partial charge >= 0.3 is 6.09 Å². The Morgan fingerprint density at radius 1 is 1.14 bits per heavy atom. The Kier molecular flexibility index (Phi) is 2.87. The minimum absolute atomic E-state index is 0.0407. The zero-order valence-corrected chi connectivity index (χ0v) is 11.8. The Balaban J connectivity index is 1.44. The van der Waals surface area contributed by atoms with Crippen LogP contribution in [0.3, 0.4) is 0 Å². The van der Waals surface area contributed by atoms with E-state index in [9.17, 15) is 9.59 Å². The van der Waals surface area contributed by atoms with Crippen LogP contribution < -0.4 is 0 Å². The van der Waals surface area contributed by atoms with Crippen molar-refractivity contribution in [2.75, 3.05) is 26.2 Å². The maximum Gasteiger partial charge on any atom is 0.410 e. The molecule has 2 amide bonds. The monoisotopic (exact) mass is 286 g/mol. The first-order valence-electron chi connectivity index (χ1n) is 7.51. The van der Waals surface area contributed by atoms with Gasteiger partial charge in [0, 0.05) is 25.6 Å². The highest BCUT2D eigenvalue weighted by molar-refractivity contribution is 5.81. The third-order valence-electron chi connectivity index (χ3n) is 4.83. The first-order chi connectivity index (χ1) is 10.2. The van der Waals surface area contributed by atoms with E-state index in [0.29, 0.717) is 26.2 Å². The summed E-state index contributed by atoms with van der Waals surface area (Å²) in [4.78, 5) is 27.9. The molecule has 0 radical (unpaired) electrons. The summed E-state index contributed by atoms with van der Waals surface area (Å²) in [5.74, 6) is 0.289. The molecule has 2 fully saturated rings. The smallest absolute Gasteiger partial charge is 0.410 e. The SMILES string of the molecule is O=C(C1Cc2ccccc2C1)N1CCN2C(=O)OC[C@H]2C1. The van der Waals surface area contributed by atoms with Gasteiger partial charge in [0.2, 0.25) is 5.91 Å². The Morgan fingerprint density at radius 3 is 2.57 bits per heavy atom. The first kappa shape index (κ1) is 12.7. The van der Waals surface area contributed by atoms with Crippen LogP contribution in [0.25, 0.3) is 0 Å². The molecule has 5 heteroatoms. The van der Waals surface area contributed by atoms with E-state index in [0.717, 1.165) is 12.8 Å². The molecule has 2 saturated heterocycles. The summed E-state index contributed by atoms with van der Waals surface area (Å²) in [6, 6.07) is 8.34. The summed E-state index contributed by atoms with van der Waals surface area (Å²) >= 11 is 0. The Labute approximate surface area is 123 Å². The number of benzene rings is 1. The van der Waals surface area contributed by atoms with Gasteiger partial charge in [-0.15, -0.1) is 0 Å². The fourth-order valence-electron chi connectivity index (χ4n) is 3.68. The van der Waals surface area contributed by atoms with Gasteiger partial charge < -0.3 is 9.64 Å². The quantitative estimate of drug-likeness (QED) is 0.776. The highest BCUT2D eigenvalue weighted by Crippen LogP contribution is 2.29. The van der Waals surface area contributed by atoms with Gasteiger partial charge in [0.1, 0.15) is 6.61 Å². The van der Waals surface area contributed by atoms with Crippen LogP contribution in [0.4, 0.5) is 4.79 Å².